The van der Waals surface area contributed by atoms with Crippen LogP contribution < -0.4 is 10.6 Å². The molecule has 0 radical (unpaired) electrons. The first kappa shape index (κ1) is 37.8. The Morgan fingerprint density at radius 2 is 1.67 bits per heavy atom. The van der Waals surface area contributed by atoms with Crippen molar-refractivity contribution in [1.29, 1.82) is 0 Å². The number of nitrogens with zero attached hydrogens (tertiary/aromatic N) is 2. The van der Waals surface area contributed by atoms with Gasteiger partial charge in [0.1, 0.15) is 12.1 Å². The van der Waals surface area contributed by atoms with Gasteiger partial charge in [0.05, 0.1) is 18.1 Å². The lowest BCUT2D eigenvalue weighted by atomic mass is 9.82. The van der Waals surface area contributed by atoms with Gasteiger partial charge in [0, 0.05) is 39.4 Å². The molecule has 0 heterocycles. The van der Waals surface area contributed by atoms with Gasteiger partial charge in [-0.1, -0.05) is 69.4 Å². The van der Waals surface area contributed by atoms with Crippen molar-refractivity contribution in [3.63, 3.8) is 0 Å². The maximum absolute atomic E-state index is 13.8. The van der Waals surface area contributed by atoms with Crippen LogP contribution in [0.5, 0.6) is 0 Å². The molecule has 2 rings (SSSR count). The summed E-state index contributed by atoms with van der Waals surface area (Å²) in [4.78, 5) is 44.5. The van der Waals surface area contributed by atoms with Gasteiger partial charge in [0.15, 0.2) is 0 Å². The van der Waals surface area contributed by atoms with Crippen LogP contribution in [0.4, 0.5) is 0 Å². The lowest BCUT2D eigenvalue weighted by Gasteiger charge is -2.33. The van der Waals surface area contributed by atoms with E-state index in [1.807, 2.05) is 44.3 Å². The lowest BCUT2D eigenvalue weighted by Crippen LogP contribution is -2.56. The highest BCUT2D eigenvalue weighted by atomic mass is 16.3. The first-order valence-corrected chi connectivity index (χ1v) is 16.4. The smallest absolute Gasteiger partial charge is 0.242 e. The Balaban J connectivity index is 2.23. The molecule has 1 fully saturated rings. The standard InChI is InChI=1S/C36H54N4O5/c1-6-9-21-30(36(45)38-31(34(43)32(41)16-7-2)25-28-19-14-11-15-20-28)37-35(44)29(24-27-17-12-10-13-18-27)26-33(42)40(5)23-22-39(4)8-3/h1-2,10,12-13,17-18,28-32,34,41,43H,8-9,11,14-16,19-26H2,3-5H3,(H,37,44)(H,38,45)/t29?,30-,31?,32?,34+/m0/s1. The highest BCUT2D eigenvalue weighted by Crippen LogP contribution is 2.28. The van der Waals surface area contributed by atoms with E-state index in [-0.39, 0.29) is 31.6 Å². The molecule has 9 heteroatoms. The van der Waals surface area contributed by atoms with Crippen molar-refractivity contribution in [3.8, 4) is 24.7 Å². The Bertz CT molecular complexity index is 1120. The topological polar surface area (TPSA) is 122 Å². The molecule has 1 aromatic rings. The van der Waals surface area contributed by atoms with Crippen molar-refractivity contribution in [2.45, 2.75) is 102 Å². The first-order valence-electron chi connectivity index (χ1n) is 16.4. The van der Waals surface area contributed by atoms with Crippen molar-refractivity contribution in [2.24, 2.45) is 11.8 Å². The molecule has 0 aromatic heterocycles. The Kier molecular flexibility index (Phi) is 17.3. The van der Waals surface area contributed by atoms with Crippen molar-refractivity contribution in [2.75, 3.05) is 33.7 Å². The number of hydrogen-bond acceptors (Lipinski definition) is 6. The molecule has 45 heavy (non-hydrogen) atoms. The van der Waals surface area contributed by atoms with Gasteiger partial charge in [0.25, 0.3) is 0 Å². The van der Waals surface area contributed by atoms with Crippen LogP contribution >= 0.6 is 0 Å². The fourth-order valence-corrected chi connectivity index (χ4v) is 5.77. The third-order valence-corrected chi connectivity index (χ3v) is 8.88. The van der Waals surface area contributed by atoms with E-state index in [0.29, 0.717) is 31.8 Å². The predicted octanol–water partition coefficient (Wildman–Crippen LogP) is 2.74. The molecule has 4 N–H and O–H groups in total. The minimum atomic E-state index is -1.26. The Labute approximate surface area is 270 Å². The quantitative estimate of drug-likeness (QED) is 0.176. The molecular formula is C36H54N4O5. The van der Waals surface area contributed by atoms with E-state index in [1.165, 1.54) is 0 Å². The minimum Gasteiger partial charge on any atom is -0.389 e. The lowest BCUT2D eigenvalue weighted by molar-refractivity contribution is -0.137. The van der Waals surface area contributed by atoms with Gasteiger partial charge >= 0.3 is 0 Å². The summed E-state index contributed by atoms with van der Waals surface area (Å²) in [6.07, 6.45) is 14.9. The zero-order valence-corrected chi connectivity index (χ0v) is 27.4. The Morgan fingerprint density at radius 3 is 2.29 bits per heavy atom. The Morgan fingerprint density at radius 1 is 0.978 bits per heavy atom. The van der Waals surface area contributed by atoms with Crippen molar-refractivity contribution >= 4 is 17.7 Å². The van der Waals surface area contributed by atoms with Crippen molar-refractivity contribution in [1.82, 2.24) is 20.4 Å². The summed E-state index contributed by atoms with van der Waals surface area (Å²) < 4.78 is 0. The zero-order valence-electron chi connectivity index (χ0n) is 27.4. The molecule has 0 aliphatic heterocycles. The average molecular weight is 623 g/mol. The number of terminal acetylenes is 2. The Hall–Kier alpha value is -3.37. The summed E-state index contributed by atoms with van der Waals surface area (Å²) in [5.74, 6) is 3.44. The number of carbonyl (C=O) groups excluding carboxylic acids is 3. The predicted molar refractivity (Wildman–Crippen MR) is 178 cm³/mol. The number of nitrogens with one attached hydrogen (secondary N) is 2. The van der Waals surface area contributed by atoms with Gasteiger partial charge in [0.2, 0.25) is 17.7 Å². The van der Waals surface area contributed by atoms with Crippen LogP contribution in [0.3, 0.4) is 0 Å². The van der Waals surface area contributed by atoms with Gasteiger partial charge in [-0.15, -0.1) is 24.7 Å². The van der Waals surface area contributed by atoms with Gasteiger partial charge in [-0.25, -0.2) is 0 Å². The first-order chi connectivity index (χ1) is 21.6. The summed E-state index contributed by atoms with van der Waals surface area (Å²) in [5, 5.41) is 27.3. The maximum atomic E-state index is 13.8. The van der Waals surface area contributed by atoms with Gasteiger partial charge in [-0.2, -0.15) is 0 Å². The van der Waals surface area contributed by atoms with Crippen LogP contribution in [0.25, 0.3) is 0 Å². The third-order valence-electron chi connectivity index (χ3n) is 8.88. The normalized spacial score (nSPS) is 16.8. The number of aliphatic hydroxyl groups excluding tert-OH is 2. The molecular weight excluding hydrogens is 568 g/mol. The van der Waals surface area contributed by atoms with Crippen LogP contribution in [-0.2, 0) is 20.8 Å². The molecule has 1 aromatic carbocycles. The average Bonchev–Trinajstić information content (AvgIpc) is 3.05. The number of carbonyl (C=O) groups is 3. The van der Waals surface area contributed by atoms with E-state index in [0.717, 1.165) is 44.2 Å². The molecule has 9 nitrogen and oxygen atoms in total. The van der Waals surface area contributed by atoms with Crippen LogP contribution in [0.1, 0.15) is 76.7 Å². The van der Waals surface area contributed by atoms with Crippen LogP contribution in [0.2, 0.25) is 0 Å². The van der Waals surface area contributed by atoms with E-state index < -0.39 is 42.0 Å². The molecule has 0 bridgehead atoms. The summed E-state index contributed by atoms with van der Waals surface area (Å²) >= 11 is 0. The second-order valence-corrected chi connectivity index (χ2v) is 12.4. The van der Waals surface area contributed by atoms with E-state index in [1.54, 1.807) is 11.9 Å². The van der Waals surface area contributed by atoms with Gasteiger partial charge in [-0.05, 0) is 44.3 Å². The minimum absolute atomic E-state index is 0.0160. The van der Waals surface area contributed by atoms with Crippen LogP contribution in [0.15, 0.2) is 30.3 Å². The van der Waals surface area contributed by atoms with E-state index in [4.69, 9.17) is 12.8 Å². The summed E-state index contributed by atoms with van der Waals surface area (Å²) in [6.45, 7) is 4.16. The number of amides is 3. The highest BCUT2D eigenvalue weighted by molar-refractivity contribution is 5.91. The van der Waals surface area contributed by atoms with E-state index in [2.05, 4.69) is 27.4 Å². The second-order valence-electron chi connectivity index (χ2n) is 12.4. The van der Waals surface area contributed by atoms with Crippen LogP contribution in [0, 0.1) is 36.5 Å². The fraction of sp³-hybridized carbons (Fsp3) is 0.639. The van der Waals surface area contributed by atoms with E-state index >= 15 is 0 Å². The van der Waals surface area contributed by atoms with Crippen molar-refractivity contribution in [3.05, 3.63) is 35.9 Å². The summed E-state index contributed by atoms with van der Waals surface area (Å²) in [7, 11) is 3.72. The van der Waals surface area contributed by atoms with E-state index in [9.17, 15) is 24.6 Å². The maximum Gasteiger partial charge on any atom is 0.242 e. The van der Waals surface area contributed by atoms with Crippen molar-refractivity contribution < 1.29 is 24.6 Å². The summed E-state index contributed by atoms with van der Waals surface area (Å²) in [5.41, 5.74) is 0.904. The number of rotatable bonds is 19. The zero-order chi connectivity index (χ0) is 33.2. The largest absolute Gasteiger partial charge is 0.389 e. The molecule has 3 unspecified atom stereocenters. The second kappa shape index (κ2) is 20.6. The monoisotopic (exact) mass is 622 g/mol. The highest BCUT2D eigenvalue weighted by Gasteiger charge is 2.34. The number of benzene rings is 1. The molecule has 1 aliphatic rings. The van der Waals surface area contributed by atoms with Crippen LogP contribution in [-0.4, -0.2) is 95.8 Å². The molecule has 0 saturated heterocycles. The third kappa shape index (κ3) is 13.7. The number of aliphatic hydroxyl groups is 2. The molecule has 5 atom stereocenters. The fourth-order valence-electron chi connectivity index (χ4n) is 5.77. The molecule has 1 saturated carbocycles. The van der Waals surface area contributed by atoms with Gasteiger partial charge in [-0.3, -0.25) is 14.4 Å². The molecule has 3 amide bonds. The SMILES string of the molecule is C#CCC[C@H](NC(=O)C(CC(=O)N(C)CCN(C)CC)Cc1ccccc1)C(=O)NC(CC1CCCCC1)[C@@H](O)C(O)CC#C. The number of likely N-dealkylation sites (N-methyl/N-ethyl adjacent to an activating group) is 2. The van der Waals surface area contributed by atoms with Gasteiger partial charge < -0.3 is 30.6 Å². The molecule has 248 valence electrons. The molecule has 0 spiro atoms. The molecule has 1 aliphatic carbocycles. The number of hydrogen-bond donors (Lipinski definition) is 4. The summed E-state index contributed by atoms with van der Waals surface area (Å²) in [6, 6.07) is 7.75.